The zero-order valence-electron chi connectivity index (χ0n) is 15.9. The van der Waals surface area contributed by atoms with Crippen LogP contribution in [0.4, 0.5) is 0 Å². The van der Waals surface area contributed by atoms with Gasteiger partial charge in [0.15, 0.2) is 0 Å². The van der Waals surface area contributed by atoms with Gasteiger partial charge in [-0.25, -0.2) is 0 Å². The lowest BCUT2D eigenvalue weighted by Gasteiger charge is -2.28. The van der Waals surface area contributed by atoms with E-state index in [-0.39, 0.29) is 11.5 Å². The maximum absolute atomic E-state index is 12.8. The fraction of sp³-hybridized carbons (Fsp3) is 0.400. The van der Waals surface area contributed by atoms with Gasteiger partial charge in [0.05, 0.1) is 17.7 Å². The summed E-state index contributed by atoms with van der Waals surface area (Å²) in [6, 6.07) is 8.47. The number of hydrogen-bond acceptors (Lipinski definition) is 5. The molecule has 0 aliphatic carbocycles. The number of fused-ring (bicyclic) bond motifs is 1. The van der Waals surface area contributed by atoms with Crippen LogP contribution in [0.3, 0.4) is 0 Å². The number of pyridine rings is 1. The molecule has 1 unspecified atom stereocenters. The quantitative estimate of drug-likeness (QED) is 0.843. The molecule has 0 radical (unpaired) electrons. The van der Waals surface area contributed by atoms with Crippen LogP contribution in [0.25, 0.3) is 0 Å². The second-order valence-electron chi connectivity index (χ2n) is 7.35. The summed E-state index contributed by atoms with van der Waals surface area (Å²) in [6.07, 6.45) is 1.43. The second-order valence-corrected chi connectivity index (χ2v) is 7.35. The van der Waals surface area contributed by atoms with E-state index >= 15 is 0 Å². The Kier molecular flexibility index (Phi) is 5.34. The highest BCUT2D eigenvalue weighted by molar-refractivity contribution is 5.93. The maximum Gasteiger partial charge on any atom is 0.255 e. The smallest absolute Gasteiger partial charge is 0.255 e. The van der Waals surface area contributed by atoms with Gasteiger partial charge < -0.3 is 24.6 Å². The monoisotopic (exact) mass is 371 g/mol. The minimum atomic E-state index is -1.02. The van der Waals surface area contributed by atoms with Gasteiger partial charge in [0.1, 0.15) is 12.4 Å². The van der Waals surface area contributed by atoms with Crippen LogP contribution in [0.5, 0.6) is 5.75 Å². The number of likely N-dealkylation sites (N-methyl/N-ethyl adjacent to an activating group) is 1. The first-order valence-electron chi connectivity index (χ1n) is 8.87. The third-order valence-electron chi connectivity index (χ3n) is 4.60. The summed E-state index contributed by atoms with van der Waals surface area (Å²) in [5.41, 5.74) is 0.787. The molecule has 1 aromatic carbocycles. The Morgan fingerprint density at radius 1 is 1.33 bits per heavy atom. The predicted octanol–water partition coefficient (Wildman–Crippen LogP) is 1.18. The van der Waals surface area contributed by atoms with Gasteiger partial charge in [-0.3, -0.25) is 9.59 Å². The van der Waals surface area contributed by atoms with Crippen molar-refractivity contribution in [3.05, 3.63) is 63.6 Å². The number of aromatic nitrogens is 1. The molecule has 1 aliphatic heterocycles. The van der Waals surface area contributed by atoms with E-state index in [2.05, 4.69) is 4.98 Å². The zero-order chi connectivity index (χ0) is 19.6. The summed E-state index contributed by atoms with van der Waals surface area (Å²) in [7, 11) is 3.82. The van der Waals surface area contributed by atoms with Gasteiger partial charge in [-0.1, -0.05) is 6.07 Å². The number of nitrogens with one attached hydrogen (secondary N) is 1. The molecular weight excluding hydrogens is 346 g/mol. The first kappa shape index (κ1) is 19.1. The molecule has 0 spiro atoms. The number of hydrogen-bond donors (Lipinski definition) is 2. The molecular formula is C20H25N3O4. The molecule has 0 saturated heterocycles. The average Bonchev–Trinajstić information content (AvgIpc) is 2.82. The lowest BCUT2D eigenvalue weighted by atomic mass is 9.93. The van der Waals surface area contributed by atoms with Gasteiger partial charge in [-0.05, 0) is 44.8 Å². The van der Waals surface area contributed by atoms with Gasteiger partial charge in [-0.15, -0.1) is 0 Å². The highest BCUT2D eigenvalue weighted by atomic mass is 16.5. The predicted molar refractivity (Wildman–Crippen MR) is 102 cm³/mol. The molecule has 2 heterocycles. The van der Waals surface area contributed by atoms with Crippen LogP contribution in [0.1, 0.15) is 28.4 Å². The Bertz CT molecular complexity index is 869. The van der Waals surface area contributed by atoms with Crippen molar-refractivity contribution < 1.29 is 14.6 Å². The fourth-order valence-electron chi connectivity index (χ4n) is 3.34. The van der Waals surface area contributed by atoms with Crippen LogP contribution < -0.4 is 10.3 Å². The number of H-pyrrole nitrogens is 1. The van der Waals surface area contributed by atoms with E-state index in [0.29, 0.717) is 31.8 Å². The highest BCUT2D eigenvalue weighted by Crippen LogP contribution is 2.30. The van der Waals surface area contributed by atoms with Crippen LogP contribution in [0, 0.1) is 0 Å². The molecule has 3 rings (SSSR count). The number of ether oxygens (including phenoxy) is 1. The van der Waals surface area contributed by atoms with Crippen LogP contribution in [-0.2, 0) is 12.1 Å². The molecule has 1 aromatic heterocycles. The van der Waals surface area contributed by atoms with Crippen LogP contribution in [0.2, 0.25) is 0 Å². The third-order valence-corrected chi connectivity index (χ3v) is 4.60. The van der Waals surface area contributed by atoms with Crippen LogP contribution in [0.15, 0.2) is 41.3 Å². The molecule has 2 aromatic rings. The Morgan fingerprint density at radius 3 is 2.78 bits per heavy atom. The van der Waals surface area contributed by atoms with Crippen molar-refractivity contribution in [2.24, 2.45) is 0 Å². The van der Waals surface area contributed by atoms with E-state index in [1.165, 1.54) is 18.3 Å². The van der Waals surface area contributed by atoms with E-state index in [9.17, 15) is 14.7 Å². The van der Waals surface area contributed by atoms with E-state index in [1.807, 2.05) is 37.2 Å². The van der Waals surface area contributed by atoms with Gasteiger partial charge in [0.2, 0.25) is 5.56 Å². The summed E-state index contributed by atoms with van der Waals surface area (Å²) < 4.78 is 5.79. The SMILES string of the molecule is CN(C)CC(C)(O)c1ccc2c(c1)CN(C(=O)c1ccc(=O)[nH]c1)CCO2. The minimum Gasteiger partial charge on any atom is -0.491 e. The molecule has 1 amide bonds. The number of aliphatic hydroxyl groups is 1. The first-order valence-corrected chi connectivity index (χ1v) is 8.87. The number of carbonyl (C=O) groups excluding carboxylic acids is 1. The standard InChI is InChI=1S/C20H25N3O4/c1-20(26,13-22(2)3)16-5-6-17-15(10-16)12-23(8-9-27-17)19(25)14-4-7-18(24)21-11-14/h4-7,10-11,26H,8-9,12-13H2,1-3H3,(H,21,24). The lowest BCUT2D eigenvalue weighted by molar-refractivity contribution is 0.0299. The number of amides is 1. The highest BCUT2D eigenvalue weighted by Gasteiger charge is 2.27. The summed E-state index contributed by atoms with van der Waals surface area (Å²) in [6.45, 7) is 3.45. The topological polar surface area (TPSA) is 85.9 Å². The largest absolute Gasteiger partial charge is 0.491 e. The van der Waals surface area contributed by atoms with Gasteiger partial charge in [0, 0.05) is 30.9 Å². The van der Waals surface area contributed by atoms with Crippen LogP contribution in [-0.4, -0.2) is 59.6 Å². The van der Waals surface area contributed by atoms with Crippen molar-refractivity contribution in [1.82, 2.24) is 14.8 Å². The van der Waals surface area contributed by atoms with E-state index < -0.39 is 5.60 Å². The van der Waals surface area contributed by atoms with Crippen molar-refractivity contribution in [2.45, 2.75) is 19.1 Å². The Morgan fingerprint density at radius 2 is 2.11 bits per heavy atom. The Hall–Kier alpha value is -2.64. The maximum atomic E-state index is 12.8. The molecule has 1 aliphatic rings. The number of benzene rings is 1. The molecule has 27 heavy (non-hydrogen) atoms. The second kappa shape index (κ2) is 7.54. The first-order chi connectivity index (χ1) is 12.8. The molecule has 2 N–H and O–H groups in total. The lowest BCUT2D eigenvalue weighted by Crippen LogP contribution is -2.35. The number of nitrogens with zero attached hydrogens (tertiary/aromatic N) is 2. The number of carbonyl (C=O) groups is 1. The van der Waals surface area contributed by atoms with E-state index in [1.54, 1.807) is 11.8 Å². The number of rotatable bonds is 4. The van der Waals surface area contributed by atoms with Crippen molar-refractivity contribution in [2.75, 3.05) is 33.8 Å². The average molecular weight is 371 g/mol. The van der Waals surface area contributed by atoms with Gasteiger partial charge >= 0.3 is 0 Å². The van der Waals surface area contributed by atoms with E-state index in [4.69, 9.17) is 4.74 Å². The van der Waals surface area contributed by atoms with Gasteiger partial charge in [-0.2, -0.15) is 0 Å². The molecule has 7 heteroatoms. The van der Waals surface area contributed by atoms with Crippen molar-refractivity contribution >= 4 is 5.91 Å². The van der Waals surface area contributed by atoms with Crippen molar-refractivity contribution in [1.29, 1.82) is 0 Å². The molecule has 7 nitrogen and oxygen atoms in total. The van der Waals surface area contributed by atoms with Gasteiger partial charge in [0.25, 0.3) is 5.91 Å². The minimum absolute atomic E-state index is 0.173. The third kappa shape index (κ3) is 4.37. The Balaban J connectivity index is 1.87. The molecule has 0 bridgehead atoms. The zero-order valence-corrected chi connectivity index (χ0v) is 15.9. The summed E-state index contributed by atoms with van der Waals surface area (Å²) >= 11 is 0. The molecule has 1 atom stereocenters. The molecule has 0 saturated carbocycles. The summed E-state index contributed by atoms with van der Waals surface area (Å²) in [4.78, 5) is 30.2. The van der Waals surface area contributed by atoms with Crippen molar-refractivity contribution in [3.63, 3.8) is 0 Å². The normalized spacial score (nSPS) is 16.3. The summed E-state index contributed by atoms with van der Waals surface area (Å²) in [5.74, 6) is 0.546. The van der Waals surface area contributed by atoms with Crippen molar-refractivity contribution in [3.8, 4) is 5.75 Å². The van der Waals surface area contributed by atoms with Crippen LogP contribution >= 0.6 is 0 Å². The Labute approximate surface area is 158 Å². The molecule has 0 fully saturated rings. The van der Waals surface area contributed by atoms with E-state index in [0.717, 1.165) is 16.9 Å². The summed E-state index contributed by atoms with van der Waals surface area (Å²) in [5, 5.41) is 10.8. The number of aromatic amines is 1. The fourth-order valence-corrected chi connectivity index (χ4v) is 3.34. The molecule has 144 valence electrons.